The van der Waals surface area contributed by atoms with Crippen molar-refractivity contribution in [2.75, 3.05) is 80.1 Å². The van der Waals surface area contributed by atoms with Gasteiger partial charge in [-0.2, -0.15) is 5.26 Å². The molecular weight excluding hydrogens is 771 g/mol. The van der Waals surface area contributed by atoms with E-state index in [4.69, 9.17) is 11.6 Å². The molecule has 12 nitrogen and oxygen atoms in total. The Bertz CT molecular complexity index is 2120. The Morgan fingerprint density at radius 1 is 0.881 bits per heavy atom. The summed E-state index contributed by atoms with van der Waals surface area (Å²) in [5.41, 5.74) is 4.32. The van der Waals surface area contributed by atoms with Gasteiger partial charge in [0, 0.05) is 101 Å². The molecule has 5 saturated heterocycles. The number of imide groups is 1. The monoisotopic (exact) mass is 822 g/mol. The van der Waals surface area contributed by atoms with Crippen molar-refractivity contribution in [3.8, 4) is 6.07 Å². The molecule has 14 heteroatoms. The van der Waals surface area contributed by atoms with Crippen LogP contribution < -0.4 is 25.3 Å². The molecule has 2 N–H and O–H groups in total. The van der Waals surface area contributed by atoms with E-state index in [2.05, 4.69) is 55.4 Å². The molecule has 3 aromatic rings. The number of nitrogens with one attached hydrogen (secondary N) is 2. The first-order valence-electron chi connectivity index (χ1n) is 21.0. The molecule has 5 aliphatic rings. The summed E-state index contributed by atoms with van der Waals surface area (Å²) in [6.45, 7) is 10.8. The highest BCUT2D eigenvalue weighted by molar-refractivity contribution is 6.32. The van der Waals surface area contributed by atoms with E-state index in [1.807, 2.05) is 35.2 Å². The SMILES string of the molecule is C[C@@H]1CC2(CCN(c3ccc(C(=O)N4CCC(CN5CCN(c6ccc(C(=O)NC7CCC(=O)NC7=O)c(F)c6)CC5)CC4)cc3)CC2)CN1c1ccc(C#N)c(Cl)c1. The van der Waals surface area contributed by atoms with Crippen LogP contribution in [0.3, 0.4) is 0 Å². The molecule has 0 aromatic heterocycles. The highest BCUT2D eigenvalue weighted by atomic mass is 35.5. The number of carbonyl (C=O) groups is 4. The van der Waals surface area contributed by atoms with Crippen molar-refractivity contribution >= 4 is 52.3 Å². The number of likely N-dealkylation sites (tertiary alicyclic amines) is 1. The molecule has 3 aromatic carbocycles. The molecule has 2 atom stereocenters. The van der Waals surface area contributed by atoms with Crippen molar-refractivity contribution in [2.24, 2.45) is 11.3 Å². The maximum absolute atomic E-state index is 15.1. The molecule has 0 radical (unpaired) electrons. The fourth-order valence-electron chi connectivity index (χ4n) is 9.86. The molecule has 310 valence electrons. The number of halogens is 2. The summed E-state index contributed by atoms with van der Waals surface area (Å²) in [5, 5.41) is 14.5. The zero-order valence-electron chi connectivity index (χ0n) is 33.6. The quantitative estimate of drug-likeness (QED) is 0.285. The molecule has 5 heterocycles. The molecule has 0 aliphatic carbocycles. The van der Waals surface area contributed by atoms with Crippen LogP contribution in [0.1, 0.15) is 78.1 Å². The molecule has 1 spiro atoms. The lowest BCUT2D eigenvalue weighted by atomic mass is 9.76. The molecule has 5 fully saturated rings. The van der Waals surface area contributed by atoms with Crippen molar-refractivity contribution in [3.05, 3.63) is 88.2 Å². The van der Waals surface area contributed by atoms with E-state index in [1.165, 1.54) is 12.1 Å². The maximum atomic E-state index is 15.1. The van der Waals surface area contributed by atoms with Crippen molar-refractivity contribution in [1.29, 1.82) is 5.26 Å². The third-order valence-corrected chi connectivity index (χ3v) is 13.7. The second-order valence-electron chi connectivity index (χ2n) is 17.2. The Balaban J connectivity index is 0.757. The minimum absolute atomic E-state index is 0.0934. The van der Waals surface area contributed by atoms with Gasteiger partial charge in [-0.3, -0.25) is 29.4 Å². The first-order valence-corrected chi connectivity index (χ1v) is 21.4. The number of hydrogen-bond acceptors (Lipinski definition) is 9. The van der Waals surface area contributed by atoms with E-state index in [0.717, 1.165) is 114 Å². The van der Waals surface area contributed by atoms with E-state index in [9.17, 15) is 24.4 Å². The highest BCUT2D eigenvalue weighted by Gasteiger charge is 2.44. The van der Waals surface area contributed by atoms with Crippen LogP contribution in [0.4, 0.5) is 21.5 Å². The van der Waals surface area contributed by atoms with Gasteiger partial charge in [0.2, 0.25) is 11.8 Å². The normalized spacial score (nSPS) is 22.7. The van der Waals surface area contributed by atoms with Crippen molar-refractivity contribution in [1.82, 2.24) is 20.4 Å². The van der Waals surface area contributed by atoms with E-state index in [1.54, 1.807) is 6.07 Å². The van der Waals surface area contributed by atoms with E-state index in [0.29, 0.717) is 28.2 Å². The Morgan fingerprint density at radius 3 is 2.22 bits per heavy atom. The summed E-state index contributed by atoms with van der Waals surface area (Å²) >= 11 is 6.38. The van der Waals surface area contributed by atoms with Crippen LogP contribution in [0.25, 0.3) is 0 Å². The Labute approximate surface area is 350 Å². The van der Waals surface area contributed by atoms with Crippen LogP contribution >= 0.6 is 11.6 Å². The summed E-state index contributed by atoms with van der Waals surface area (Å²) in [7, 11) is 0. The van der Waals surface area contributed by atoms with Crippen LogP contribution in [0.2, 0.25) is 5.02 Å². The standard InChI is InChI=1S/C45H52ClFN8O4/c1-30-26-45(29-55(30)36-7-4-33(27-48)38(46)24-36)14-18-52(19-15-45)34-5-2-32(3-6-34)44(59)54-16-12-31(13-17-54)28-51-20-22-53(23-21-51)35-8-9-37(39(47)25-35)42(57)49-40-10-11-41(56)50-43(40)58/h2-9,24-25,30-31,40H,10-23,26,28-29H2,1H3,(H,49,57)(H,50,56,58)/t30-,40?/m1/s1. The summed E-state index contributed by atoms with van der Waals surface area (Å²) in [6, 6.07) is 20.2. The summed E-state index contributed by atoms with van der Waals surface area (Å²) in [6.07, 6.45) is 5.59. The predicted octanol–water partition coefficient (Wildman–Crippen LogP) is 5.45. The molecule has 5 aliphatic heterocycles. The third-order valence-electron chi connectivity index (χ3n) is 13.4. The minimum Gasteiger partial charge on any atom is -0.371 e. The van der Waals surface area contributed by atoms with Gasteiger partial charge in [-0.1, -0.05) is 11.6 Å². The zero-order valence-corrected chi connectivity index (χ0v) is 34.4. The number of carbonyl (C=O) groups excluding carboxylic acids is 4. The van der Waals surface area contributed by atoms with Crippen LogP contribution in [-0.2, 0) is 9.59 Å². The topological polar surface area (TPSA) is 132 Å². The fraction of sp³-hybridized carbons (Fsp3) is 0.489. The van der Waals surface area contributed by atoms with Gasteiger partial charge < -0.3 is 24.9 Å². The summed E-state index contributed by atoms with van der Waals surface area (Å²) in [5.74, 6) is -1.68. The van der Waals surface area contributed by atoms with Gasteiger partial charge >= 0.3 is 0 Å². The number of benzene rings is 3. The molecule has 4 amide bonds. The third kappa shape index (κ3) is 8.89. The largest absolute Gasteiger partial charge is 0.371 e. The fourth-order valence-corrected chi connectivity index (χ4v) is 10.1. The number of hydrogen-bond donors (Lipinski definition) is 2. The van der Waals surface area contributed by atoms with E-state index >= 15 is 4.39 Å². The van der Waals surface area contributed by atoms with E-state index < -0.39 is 23.7 Å². The average molecular weight is 823 g/mol. The first kappa shape index (κ1) is 40.6. The van der Waals surface area contributed by atoms with Gasteiger partial charge in [0.25, 0.3) is 11.8 Å². The van der Waals surface area contributed by atoms with Crippen LogP contribution in [0, 0.1) is 28.5 Å². The van der Waals surface area contributed by atoms with E-state index in [-0.39, 0.29) is 35.6 Å². The molecular formula is C45H52ClFN8O4. The molecule has 8 rings (SSSR count). The van der Waals surface area contributed by atoms with Crippen LogP contribution in [0.15, 0.2) is 60.7 Å². The van der Waals surface area contributed by atoms with Crippen LogP contribution in [0.5, 0.6) is 0 Å². The average Bonchev–Trinajstić information content (AvgIpc) is 3.57. The summed E-state index contributed by atoms with van der Waals surface area (Å²) in [4.78, 5) is 61.1. The van der Waals surface area contributed by atoms with Crippen molar-refractivity contribution in [2.45, 2.75) is 64.0 Å². The summed E-state index contributed by atoms with van der Waals surface area (Å²) < 4.78 is 15.1. The number of nitriles is 1. The van der Waals surface area contributed by atoms with Crippen LogP contribution in [-0.4, -0.2) is 111 Å². The van der Waals surface area contributed by atoms with Gasteiger partial charge in [0.1, 0.15) is 17.9 Å². The van der Waals surface area contributed by atoms with Crippen molar-refractivity contribution in [3.63, 3.8) is 0 Å². The highest BCUT2D eigenvalue weighted by Crippen LogP contribution is 2.46. The van der Waals surface area contributed by atoms with Gasteiger partial charge in [0.05, 0.1) is 16.1 Å². The van der Waals surface area contributed by atoms with Gasteiger partial charge in [-0.25, -0.2) is 4.39 Å². The lowest BCUT2D eigenvalue weighted by Crippen LogP contribution is -2.52. The predicted molar refractivity (Wildman–Crippen MR) is 225 cm³/mol. The second-order valence-corrected chi connectivity index (χ2v) is 17.6. The molecule has 0 saturated carbocycles. The Hall–Kier alpha value is -5.19. The Kier molecular flexibility index (Phi) is 11.8. The number of amides is 4. The van der Waals surface area contributed by atoms with Gasteiger partial charge in [-0.05, 0) is 117 Å². The second kappa shape index (κ2) is 17.2. The number of rotatable bonds is 8. The molecule has 0 bridgehead atoms. The number of nitrogens with zero attached hydrogens (tertiary/aromatic N) is 6. The lowest BCUT2D eigenvalue weighted by molar-refractivity contribution is -0.134. The maximum Gasteiger partial charge on any atom is 0.254 e. The Morgan fingerprint density at radius 2 is 1.56 bits per heavy atom. The lowest BCUT2D eigenvalue weighted by Gasteiger charge is -2.40. The van der Waals surface area contributed by atoms with Gasteiger partial charge in [-0.15, -0.1) is 0 Å². The first-order chi connectivity index (χ1) is 28.5. The number of piperidine rings is 3. The minimum atomic E-state index is -0.864. The molecule has 59 heavy (non-hydrogen) atoms. The molecule has 1 unspecified atom stereocenters. The van der Waals surface area contributed by atoms with Crippen molar-refractivity contribution < 1.29 is 23.6 Å². The number of piperazine rings is 1. The van der Waals surface area contributed by atoms with Gasteiger partial charge in [0.15, 0.2) is 0 Å². The number of anilines is 3. The zero-order chi connectivity index (χ0) is 41.3. The smallest absolute Gasteiger partial charge is 0.254 e.